The third kappa shape index (κ3) is 4.86. The first kappa shape index (κ1) is 18.9. The monoisotopic (exact) mass is 361 g/mol. The first-order valence-corrected chi connectivity index (χ1v) is 9.33. The smallest absolute Gasteiger partial charge is 0.251 e. The Hall–Kier alpha value is -2.85. The lowest BCUT2D eigenvalue weighted by Crippen LogP contribution is -2.27. The van der Waals surface area contributed by atoms with Crippen molar-refractivity contribution >= 4 is 5.91 Å². The highest BCUT2D eigenvalue weighted by Crippen LogP contribution is 2.14. The molecular formula is C23H27N3O. The number of rotatable bonds is 7. The Balaban J connectivity index is 1.69. The van der Waals surface area contributed by atoms with Crippen LogP contribution in [0.3, 0.4) is 0 Å². The van der Waals surface area contributed by atoms with Gasteiger partial charge in [0.2, 0.25) is 0 Å². The van der Waals surface area contributed by atoms with E-state index in [1.165, 1.54) is 5.56 Å². The van der Waals surface area contributed by atoms with Crippen LogP contribution in [0.4, 0.5) is 0 Å². The Labute approximate surface area is 161 Å². The fraction of sp³-hybridized carbons (Fsp3) is 0.261. The summed E-state index contributed by atoms with van der Waals surface area (Å²) in [6, 6.07) is 20.4. The Kier molecular flexibility index (Phi) is 6.09. The normalized spacial score (nSPS) is 11.1. The molecule has 4 nitrogen and oxygen atoms in total. The lowest BCUT2D eigenvalue weighted by molar-refractivity contribution is 0.0950. The van der Waals surface area contributed by atoms with E-state index in [-0.39, 0.29) is 5.91 Å². The van der Waals surface area contributed by atoms with Gasteiger partial charge in [-0.05, 0) is 62.4 Å². The fourth-order valence-electron chi connectivity index (χ4n) is 2.93. The third-order valence-electron chi connectivity index (χ3n) is 4.87. The lowest BCUT2D eigenvalue weighted by Gasteiger charge is -2.22. The van der Waals surface area contributed by atoms with Crippen LogP contribution in [0.15, 0.2) is 73.1 Å². The molecule has 0 radical (unpaired) electrons. The van der Waals surface area contributed by atoms with E-state index >= 15 is 0 Å². The number of carbonyl (C=O) groups excluding carboxylic acids is 1. The molecule has 4 heteroatoms. The maximum atomic E-state index is 12.7. The topological polar surface area (TPSA) is 37.3 Å². The number of hydrogen-bond acceptors (Lipinski definition) is 2. The zero-order valence-corrected chi connectivity index (χ0v) is 16.2. The number of carbonyl (C=O) groups is 1. The van der Waals surface area contributed by atoms with E-state index in [1.807, 2.05) is 59.4 Å². The van der Waals surface area contributed by atoms with E-state index in [4.69, 9.17) is 0 Å². The van der Waals surface area contributed by atoms with Gasteiger partial charge in [0.15, 0.2) is 0 Å². The summed E-state index contributed by atoms with van der Waals surface area (Å²) in [6.07, 6.45) is 3.94. The second-order valence-electron chi connectivity index (χ2n) is 7.10. The van der Waals surface area contributed by atoms with Gasteiger partial charge in [0.25, 0.3) is 5.91 Å². The van der Waals surface area contributed by atoms with Crippen molar-refractivity contribution in [2.75, 3.05) is 7.05 Å². The minimum absolute atomic E-state index is 0.0592. The summed E-state index contributed by atoms with van der Waals surface area (Å²) < 4.78 is 1.99. The molecule has 140 valence electrons. The van der Waals surface area contributed by atoms with E-state index in [2.05, 4.69) is 49.3 Å². The zero-order valence-electron chi connectivity index (χ0n) is 16.2. The standard InChI is InChI=1S/C23H27N3O/c1-18(2)25(3)17-21-10-5-4-9-20(21)16-24-23(27)19-11-8-12-22(15-19)26-13-6-7-14-26/h4-15,18H,16-17H2,1-3H3,(H,24,27). The van der Waals surface area contributed by atoms with E-state index in [0.29, 0.717) is 18.2 Å². The molecule has 27 heavy (non-hydrogen) atoms. The molecule has 0 bridgehead atoms. The molecule has 0 spiro atoms. The number of nitrogens with one attached hydrogen (secondary N) is 1. The van der Waals surface area contributed by atoms with Crippen LogP contribution in [-0.4, -0.2) is 28.5 Å². The Morgan fingerprint density at radius 3 is 2.41 bits per heavy atom. The lowest BCUT2D eigenvalue weighted by atomic mass is 10.1. The quantitative estimate of drug-likeness (QED) is 0.683. The van der Waals surface area contributed by atoms with Crippen molar-refractivity contribution in [1.29, 1.82) is 0 Å². The van der Waals surface area contributed by atoms with Crippen LogP contribution in [0.1, 0.15) is 35.3 Å². The van der Waals surface area contributed by atoms with Crippen LogP contribution >= 0.6 is 0 Å². The van der Waals surface area contributed by atoms with Crippen molar-refractivity contribution < 1.29 is 4.79 Å². The Morgan fingerprint density at radius 2 is 1.70 bits per heavy atom. The van der Waals surface area contributed by atoms with Crippen molar-refractivity contribution in [3.05, 3.63) is 89.7 Å². The van der Waals surface area contributed by atoms with Crippen molar-refractivity contribution in [1.82, 2.24) is 14.8 Å². The fourth-order valence-corrected chi connectivity index (χ4v) is 2.93. The summed E-state index contributed by atoms with van der Waals surface area (Å²) in [4.78, 5) is 14.9. The van der Waals surface area contributed by atoms with Crippen LogP contribution in [0, 0.1) is 0 Å². The summed E-state index contributed by atoms with van der Waals surface area (Å²) in [7, 11) is 2.12. The second kappa shape index (κ2) is 8.69. The molecule has 1 heterocycles. The predicted molar refractivity (Wildman–Crippen MR) is 110 cm³/mol. The van der Waals surface area contributed by atoms with E-state index in [9.17, 15) is 4.79 Å². The van der Waals surface area contributed by atoms with E-state index in [0.717, 1.165) is 17.8 Å². The van der Waals surface area contributed by atoms with Crippen molar-refractivity contribution in [3.8, 4) is 5.69 Å². The molecule has 2 aromatic carbocycles. The highest BCUT2D eigenvalue weighted by atomic mass is 16.1. The second-order valence-corrected chi connectivity index (χ2v) is 7.10. The molecule has 1 aromatic heterocycles. The minimum atomic E-state index is -0.0592. The average molecular weight is 361 g/mol. The van der Waals surface area contributed by atoms with Gasteiger partial charge in [0.05, 0.1) is 0 Å². The first-order valence-electron chi connectivity index (χ1n) is 9.33. The molecule has 0 aliphatic rings. The number of hydrogen-bond donors (Lipinski definition) is 1. The molecular weight excluding hydrogens is 334 g/mol. The summed E-state index contributed by atoms with van der Waals surface area (Å²) in [6.45, 7) is 5.76. The number of aromatic nitrogens is 1. The largest absolute Gasteiger partial charge is 0.348 e. The van der Waals surface area contributed by atoms with Crippen LogP contribution in [0.2, 0.25) is 0 Å². The van der Waals surface area contributed by atoms with Gasteiger partial charge in [0, 0.05) is 42.8 Å². The molecule has 0 saturated heterocycles. The summed E-state index contributed by atoms with van der Waals surface area (Å²) >= 11 is 0. The summed E-state index contributed by atoms with van der Waals surface area (Å²) in [5, 5.41) is 3.06. The number of amides is 1. The Morgan fingerprint density at radius 1 is 1.00 bits per heavy atom. The van der Waals surface area contributed by atoms with Gasteiger partial charge in [-0.2, -0.15) is 0 Å². The maximum absolute atomic E-state index is 12.7. The van der Waals surface area contributed by atoms with Gasteiger partial charge < -0.3 is 9.88 Å². The number of nitrogens with zero attached hydrogens (tertiary/aromatic N) is 2. The molecule has 3 rings (SSSR count). The highest BCUT2D eigenvalue weighted by Gasteiger charge is 2.10. The van der Waals surface area contributed by atoms with Gasteiger partial charge in [-0.1, -0.05) is 30.3 Å². The molecule has 0 aliphatic carbocycles. The Bertz CT molecular complexity index is 884. The van der Waals surface area contributed by atoms with Gasteiger partial charge in [-0.25, -0.2) is 0 Å². The summed E-state index contributed by atoms with van der Waals surface area (Å²) in [5.41, 5.74) is 4.04. The van der Waals surface area contributed by atoms with Crippen LogP contribution in [-0.2, 0) is 13.1 Å². The van der Waals surface area contributed by atoms with Gasteiger partial charge in [0.1, 0.15) is 0 Å². The first-order chi connectivity index (χ1) is 13.0. The molecule has 3 aromatic rings. The molecule has 0 aliphatic heterocycles. The van der Waals surface area contributed by atoms with Crippen LogP contribution < -0.4 is 5.32 Å². The van der Waals surface area contributed by atoms with Crippen molar-refractivity contribution in [2.24, 2.45) is 0 Å². The molecule has 0 saturated carbocycles. The SMILES string of the molecule is CC(C)N(C)Cc1ccccc1CNC(=O)c1cccc(-n2cccc2)c1. The minimum Gasteiger partial charge on any atom is -0.348 e. The third-order valence-corrected chi connectivity index (χ3v) is 4.87. The van der Waals surface area contributed by atoms with Crippen LogP contribution in [0.5, 0.6) is 0 Å². The number of benzene rings is 2. The van der Waals surface area contributed by atoms with Gasteiger partial charge in [-0.3, -0.25) is 9.69 Å². The molecule has 0 unspecified atom stereocenters. The van der Waals surface area contributed by atoms with Crippen LogP contribution in [0.25, 0.3) is 5.69 Å². The van der Waals surface area contributed by atoms with E-state index in [1.54, 1.807) is 0 Å². The summed E-state index contributed by atoms with van der Waals surface area (Å²) in [5.74, 6) is -0.0592. The van der Waals surface area contributed by atoms with E-state index < -0.39 is 0 Å². The predicted octanol–water partition coefficient (Wildman–Crippen LogP) is 4.25. The molecule has 0 fully saturated rings. The molecule has 1 amide bonds. The highest BCUT2D eigenvalue weighted by molar-refractivity contribution is 5.94. The van der Waals surface area contributed by atoms with Crippen molar-refractivity contribution in [2.45, 2.75) is 33.0 Å². The average Bonchev–Trinajstić information content (AvgIpc) is 3.22. The van der Waals surface area contributed by atoms with Gasteiger partial charge >= 0.3 is 0 Å². The maximum Gasteiger partial charge on any atom is 0.251 e. The molecule has 0 atom stereocenters. The van der Waals surface area contributed by atoms with Gasteiger partial charge in [-0.15, -0.1) is 0 Å². The zero-order chi connectivity index (χ0) is 19.2. The molecule has 1 N–H and O–H groups in total. The van der Waals surface area contributed by atoms with Crippen molar-refractivity contribution in [3.63, 3.8) is 0 Å².